The fraction of sp³-hybridized carbons (Fsp3) is 0.333. The zero-order valence-corrected chi connectivity index (χ0v) is 13.3. The first-order valence-corrected chi connectivity index (χ1v) is 7.93. The van der Waals surface area contributed by atoms with Gasteiger partial charge in [0.2, 0.25) is 0 Å². The molecule has 0 bridgehead atoms. The highest BCUT2D eigenvalue weighted by Crippen LogP contribution is 2.23. The van der Waals surface area contributed by atoms with Crippen LogP contribution in [-0.4, -0.2) is 42.5 Å². The molecule has 1 aliphatic rings. The molecular weight excluding hydrogens is 288 g/mol. The summed E-state index contributed by atoms with van der Waals surface area (Å²) < 4.78 is 0. The topological polar surface area (TPSA) is 57.3 Å². The van der Waals surface area contributed by atoms with Gasteiger partial charge in [-0.2, -0.15) is 0 Å². The molecule has 5 nitrogen and oxygen atoms in total. The summed E-state index contributed by atoms with van der Waals surface area (Å²) in [5.41, 5.74) is 3.09. The van der Waals surface area contributed by atoms with Gasteiger partial charge >= 0.3 is 0 Å². The Kier molecular flexibility index (Phi) is 5.00. The van der Waals surface area contributed by atoms with Crippen molar-refractivity contribution >= 4 is 5.91 Å². The predicted molar refractivity (Wildman–Crippen MR) is 90.1 cm³/mol. The zero-order valence-electron chi connectivity index (χ0n) is 13.3. The summed E-state index contributed by atoms with van der Waals surface area (Å²) in [6.07, 6.45) is 3.74. The van der Waals surface area contributed by atoms with E-state index in [-0.39, 0.29) is 5.91 Å². The number of hydrogen-bond acceptors (Lipinski definition) is 4. The molecule has 1 fully saturated rings. The third-order valence-corrected chi connectivity index (χ3v) is 4.23. The number of nitrogens with one attached hydrogen (secondary N) is 2. The number of aromatic nitrogens is 1. The number of carbonyl (C=O) groups is 1. The third kappa shape index (κ3) is 3.75. The molecule has 1 amide bonds. The molecule has 2 heterocycles. The number of hydrogen-bond donors (Lipinski definition) is 2. The number of pyridine rings is 1. The molecule has 3 rings (SSSR count). The molecule has 1 saturated heterocycles. The highest BCUT2D eigenvalue weighted by Gasteiger charge is 2.24. The minimum atomic E-state index is -0.0454. The van der Waals surface area contributed by atoms with Crippen LogP contribution in [0.25, 0.3) is 0 Å². The van der Waals surface area contributed by atoms with E-state index < -0.39 is 0 Å². The Morgan fingerprint density at radius 2 is 2.30 bits per heavy atom. The van der Waals surface area contributed by atoms with Gasteiger partial charge < -0.3 is 10.6 Å². The Balaban J connectivity index is 1.78. The molecule has 1 unspecified atom stereocenters. The lowest BCUT2D eigenvalue weighted by atomic mass is 10.0. The maximum atomic E-state index is 11.8. The van der Waals surface area contributed by atoms with Gasteiger partial charge in [-0.25, -0.2) is 0 Å². The van der Waals surface area contributed by atoms with Crippen LogP contribution in [0.4, 0.5) is 0 Å². The molecular formula is C18H22N4O. The Morgan fingerprint density at radius 3 is 3.09 bits per heavy atom. The Labute approximate surface area is 136 Å². The fourth-order valence-corrected chi connectivity index (χ4v) is 3.03. The van der Waals surface area contributed by atoms with Gasteiger partial charge in [0.05, 0.1) is 0 Å². The van der Waals surface area contributed by atoms with E-state index in [2.05, 4.69) is 32.7 Å². The summed E-state index contributed by atoms with van der Waals surface area (Å²) >= 11 is 0. The molecule has 1 aromatic heterocycles. The minimum absolute atomic E-state index is 0.0454. The third-order valence-electron chi connectivity index (χ3n) is 4.23. The van der Waals surface area contributed by atoms with Crippen molar-refractivity contribution in [3.05, 3.63) is 65.5 Å². The molecule has 0 spiro atoms. The highest BCUT2D eigenvalue weighted by molar-refractivity contribution is 5.94. The van der Waals surface area contributed by atoms with E-state index >= 15 is 0 Å². The smallest absolute Gasteiger partial charge is 0.251 e. The van der Waals surface area contributed by atoms with Crippen LogP contribution in [0.1, 0.15) is 27.5 Å². The van der Waals surface area contributed by atoms with Crippen LogP contribution in [0.2, 0.25) is 0 Å². The van der Waals surface area contributed by atoms with Crippen molar-refractivity contribution in [3.63, 3.8) is 0 Å². The quantitative estimate of drug-likeness (QED) is 0.900. The first kappa shape index (κ1) is 15.6. The van der Waals surface area contributed by atoms with Gasteiger partial charge in [-0.3, -0.25) is 14.7 Å². The van der Waals surface area contributed by atoms with Crippen LogP contribution < -0.4 is 10.6 Å². The minimum Gasteiger partial charge on any atom is -0.355 e. The fourth-order valence-electron chi connectivity index (χ4n) is 3.03. The van der Waals surface area contributed by atoms with Crippen LogP contribution in [0.5, 0.6) is 0 Å². The van der Waals surface area contributed by atoms with Gasteiger partial charge in [-0.05, 0) is 29.3 Å². The lowest BCUT2D eigenvalue weighted by molar-refractivity contribution is 0.0962. The summed E-state index contributed by atoms with van der Waals surface area (Å²) in [5.74, 6) is -0.0454. The summed E-state index contributed by atoms with van der Waals surface area (Å²) in [6, 6.07) is 12.3. The number of benzene rings is 1. The van der Waals surface area contributed by atoms with Crippen molar-refractivity contribution in [1.82, 2.24) is 20.5 Å². The van der Waals surface area contributed by atoms with Crippen molar-refractivity contribution in [1.29, 1.82) is 0 Å². The average Bonchev–Trinajstić information content (AvgIpc) is 2.62. The lowest BCUT2D eigenvalue weighted by Crippen LogP contribution is -2.45. The van der Waals surface area contributed by atoms with E-state index in [0.29, 0.717) is 11.6 Å². The predicted octanol–water partition coefficient (Wildman–Crippen LogP) is 1.59. The van der Waals surface area contributed by atoms with Crippen LogP contribution in [0.3, 0.4) is 0 Å². The molecule has 0 radical (unpaired) electrons. The van der Waals surface area contributed by atoms with E-state index in [0.717, 1.165) is 31.7 Å². The lowest BCUT2D eigenvalue weighted by Gasteiger charge is -2.36. The number of piperazine rings is 1. The van der Waals surface area contributed by atoms with Gasteiger partial charge in [-0.15, -0.1) is 0 Å². The SMILES string of the molecule is CNC(=O)c1cccc(CN2CCNCC2c2cccnc2)c1. The maximum Gasteiger partial charge on any atom is 0.251 e. The molecule has 0 aliphatic carbocycles. The van der Waals surface area contributed by atoms with Crippen LogP contribution in [0, 0.1) is 0 Å². The summed E-state index contributed by atoms with van der Waals surface area (Å²) in [5, 5.41) is 6.13. The molecule has 5 heteroatoms. The van der Waals surface area contributed by atoms with E-state index in [1.807, 2.05) is 30.5 Å². The van der Waals surface area contributed by atoms with Gasteiger partial charge in [0, 0.05) is 57.2 Å². The van der Waals surface area contributed by atoms with Crippen molar-refractivity contribution in [2.75, 3.05) is 26.7 Å². The molecule has 120 valence electrons. The van der Waals surface area contributed by atoms with Crippen molar-refractivity contribution in [3.8, 4) is 0 Å². The van der Waals surface area contributed by atoms with Gasteiger partial charge in [-0.1, -0.05) is 18.2 Å². The second-order valence-electron chi connectivity index (χ2n) is 5.76. The average molecular weight is 310 g/mol. The highest BCUT2D eigenvalue weighted by atomic mass is 16.1. The molecule has 2 N–H and O–H groups in total. The largest absolute Gasteiger partial charge is 0.355 e. The van der Waals surface area contributed by atoms with Gasteiger partial charge in [0.15, 0.2) is 0 Å². The van der Waals surface area contributed by atoms with Gasteiger partial charge in [0.1, 0.15) is 0 Å². The van der Waals surface area contributed by atoms with Crippen molar-refractivity contribution < 1.29 is 4.79 Å². The normalized spacial score (nSPS) is 18.6. The Bertz CT molecular complexity index is 659. The van der Waals surface area contributed by atoms with Crippen LogP contribution in [-0.2, 0) is 6.54 Å². The molecule has 1 aliphatic heterocycles. The number of nitrogens with zero attached hydrogens (tertiary/aromatic N) is 2. The Morgan fingerprint density at radius 1 is 1.39 bits per heavy atom. The van der Waals surface area contributed by atoms with Crippen LogP contribution >= 0.6 is 0 Å². The number of rotatable bonds is 4. The van der Waals surface area contributed by atoms with Crippen molar-refractivity contribution in [2.45, 2.75) is 12.6 Å². The first-order chi connectivity index (χ1) is 11.3. The summed E-state index contributed by atoms with van der Waals surface area (Å²) in [6.45, 7) is 3.70. The molecule has 1 atom stereocenters. The Hall–Kier alpha value is -2.24. The zero-order chi connectivity index (χ0) is 16.1. The molecule has 23 heavy (non-hydrogen) atoms. The number of carbonyl (C=O) groups excluding carboxylic acids is 1. The van der Waals surface area contributed by atoms with E-state index in [9.17, 15) is 4.79 Å². The second kappa shape index (κ2) is 7.35. The standard InChI is InChI=1S/C18H22N4O/c1-19-18(23)15-5-2-4-14(10-15)13-22-9-8-21-12-17(22)16-6-3-7-20-11-16/h2-7,10-11,17,21H,8-9,12-13H2,1H3,(H,19,23). The maximum absolute atomic E-state index is 11.8. The van der Waals surface area contributed by atoms with E-state index in [1.165, 1.54) is 5.56 Å². The molecule has 0 saturated carbocycles. The van der Waals surface area contributed by atoms with Crippen molar-refractivity contribution in [2.24, 2.45) is 0 Å². The summed E-state index contributed by atoms with van der Waals surface area (Å²) in [4.78, 5) is 18.5. The van der Waals surface area contributed by atoms with Crippen LogP contribution in [0.15, 0.2) is 48.8 Å². The summed E-state index contributed by atoms with van der Waals surface area (Å²) in [7, 11) is 1.66. The van der Waals surface area contributed by atoms with Gasteiger partial charge in [0.25, 0.3) is 5.91 Å². The van der Waals surface area contributed by atoms with E-state index in [1.54, 1.807) is 13.2 Å². The monoisotopic (exact) mass is 310 g/mol. The van der Waals surface area contributed by atoms with E-state index in [4.69, 9.17) is 0 Å². The first-order valence-electron chi connectivity index (χ1n) is 7.93. The molecule has 1 aromatic carbocycles. The number of amides is 1. The molecule has 2 aromatic rings. The second-order valence-corrected chi connectivity index (χ2v) is 5.76.